The van der Waals surface area contributed by atoms with Crippen LogP contribution >= 0.6 is 0 Å². The van der Waals surface area contributed by atoms with Crippen LogP contribution in [0.1, 0.15) is 16.1 Å². The zero-order chi connectivity index (χ0) is 19.7. The summed E-state index contributed by atoms with van der Waals surface area (Å²) in [7, 11) is 0. The molecule has 28 heavy (non-hydrogen) atoms. The number of hydrogen-bond acceptors (Lipinski definition) is 3. The van der Waals surface area contributed by atoms with Gasteiger partial charge in [0.2, 0.25) is 5.91 Å². The average molecular weight is 381 g/mol. The summed E-state index contributed by atoms with van der Waals surface area (Å²) in [6.45, 7) is 2.01. The Labute approximate surface area is 161 Å². The number of carboxylic acids is 1. The molecule has 4 rings (SSSR count). The van der Waals surface area contributed by atoms with Crippen molar-refractivity contribution in [3.8, 4) is 0 Å². The molecule has 1 aliphatic rings. The van der Waals surface area contributed by atoms with E-state index >= 15 is 0 Å². The number of H-pyrrole nitrogens is 1. The third-order valence-corrected chi connectivity index (χ3v) is 5.18. The molecule has 3 aromatic rings. The van der Waals surface area contributed by atoms with Crippen LogP contribution in [0.3, 0.4) is 0 Å². The lowest BCUT2D eigenvalue weighted by molar-refractivity contribution is -0.130. The van der Waals surface area contributed by atoms with Crippen LogP contribution in [-0.4, -0.2) is 53.0 Å². The average Bonchev–Trinajstić information content (AvgIpc) is 3.07. The van der Waals surface area contributed by atoms with E-state index < -0.39 is 5.97 Å². The maximum atomic E-state index is 14.0. The minimum Gasteiger partial charge on any atom is -0.477 e. The van der Waals surface area contributed by atoms with Crippen LogP contribution in [-0.2, 0) is 11.2 Å². The van der Waals surface area contributed by atoms with E-state index in [0.29, 0.717) is 42.9 Å². The maximum Gasteiger partial charge on any atom is 0.352 e. The lowest BCUT2D eigenvalue weighted by Gasteiger charge is -2.36. The molecule has 2 aromatic carbocycles. The Morgan fingerprint density at radius 1 is 1.00 bits per heavy atom. The molecule has 1 amide bonds. The molecule has 2 heterocycles. The van der Waals surface area contributed by atoms with Crippen molar-refractivity contribution in [1.29, 1.82) is 0 Å². The zero-order valence-electron chi connectivity index (χ0n) is 15.2. The smallest absolute Gasteiger partial charge is 0.352 e. The first kappa shape index (κ1) is 18.0. The number of rotatable bonds is 4. The van der Waals surface area contributed by atoms with Gasteiger partial charge in [-0.25, -0.2) is 9.18 Å². The minimum atomic E-state index is -1.08. The standard InChI is InChI=1S/C21H20FN3O3/c22-16-6-2-4-8-18(16)24-9-11-25(12-10-24)19(26)13-15-14-5-1-3-7-17(14)23-20(15)21(27)28/h1-8,23H,9-13H2,(H,27,28). The first-order valence-electron chi connectivity index (χ1n) is 9.14. The number of halogens is 1. The summed E-state index contributed by atoms with van der Waals surface area (Å²) in [5, 5.41) is 10.2. The van der Waals surface area contributed by atoms with Gasteiger partial charge in [0.05, 0.1) is 12.1 Å². The summed E-state index contributed by atoms with van der Waals surface area (Å²) in [6.07, 6.45) is 0.0192. The Bertz CT molecular complexity index is 1040. The van der Waals surface area contributed by atoms with Crippen molar-refractivity contribution in [2.24, 2.45) is 0 Å². The molecule has 0 saturated carbocycles. The summed E-state index contributed by atoms with van der Waals surface area (Å²) in [6, 6.07) is 13.9. The molecule has 6 nitrogen and oxygen atoms in total. The fourth-order valence-electron chi connectivity index (χ4n) is 3.73. The lowest BCUT2D eigenvalue weighted by Crippen LogP contribution is -2.49. The molecule has 1 aromatic heterocycles. The molecule has 7 heteroatoms. The monoisotopic (exact) mass is 381 g/mol. The van der Waals surface area contributed by atoms with Crippen LogP contribution in [0.4, 0.5) is 10.1 Å². The van der Waals surface area contributed by atoms with E-state index in [9.17, 15) is 19.1 Å². The number of amides is 1. The van der Waals surface area contributed by atoms with Crippen LogP contribution in [0.15, 0.2) is 48.5 Å². The fourth-order valence-corrected chi connectivity index (χ4v) is 3.73. The molecular weight excluding hydrogens is 361 g/mol. The predicted octanol–water partition coefficient (Wildman–Crippen LogP) is 2.90. The van der Waals surface area contributed by atoms with Crippen molar-refractivity contribution in [1.82, 2.24) is 9.88 Å². The summed E-state index contributed by atoms with van der Waals surface area (Å²) in [5.41, 5.74) is 1.80. The van der Waals surface area contributed by atoms with Crippen LogP contribution in [0.5, 0.6) is 0 Å². The highest BCUT2D eigenvalue weighted by Gasteiger charge is 2.25. The Hall–Kier alpha value is -3.35. The van der Waals surface area contributed by atoms with E-state index in [1.807, 2.05) is 23.1 Å². The quantitative estimate of drug-likeness (QED) is 0.729. The second-order valence-electron chi connectivity index (χ2n) is 6.83. The van der Waals surface area contributed by atoms with Gasteiger partial charge in [-0.15, -0.1) is 0 Å². The van der Waals surface area contributed by atoms with Gasteiger partial charge in [0, 0.05) is 42.6 Å². The predicted molar refractivity (Wildman–Crippen MR) is 104 cm³/mol. The zero-order valence-corrected chi connectivity index (χ0v) is 15.2. The summed E-state index contributed by atoms with van der Waals surface area (Å²) in [4.78, 5) is 30.9. The topological polar surface area (TPSA) is 76.6 Å². The third-order valence-electron chi connectivity index (χ3n) is 5.18. The molecule has 0 unspecified atom stereocenters. The van der Waals surface area contributed by atoms with Crippen LogP contribution < -0.4 is 4.90 Å². The lowest BCUT2D eigenvalue weighted by atomic mass is 10.1. The van der Waals surface area contributed by atoms with E-state index in [2.05, 4.69) is 4.98 Å². The second-order valence-corrected chi connectivity index (χ2v) is 6.83. The van der Waals surface area contributed by atoms with Crippen molar-refractivity contribution in [2.75, 3.05) is 31.1 Å². The van der Waals surface area contributed by atoms with E-state index in [1.54, 1.807) is 29.2 Å². The minimum absolute atomic E-state index is 0.0192. The van der Waals surface area contributed by atoms with E-state index in [1.165, 1.54) is 6.07 Å². The molecular formula is C21H20FN3O3. The number of carboxylic acid groups (broad SMARTS) is 1. The van der Waals surface area contributed by atoms with E-state index in [-0.39, 0.29) is 23.8 Å². The van der Waals surface area contributed by atoms with Gasteiger partial charge in [0.15, 0.2) is 0 Å². The molecule has 0 spiro atoms. The van der Waals surface area contributed by atoms with Gasteiger partial charge in [-0.3, -0.25) is 4.79 Å². The molecule has 0 aliphatic carbocycles. The van der Waals surface area contributed by atoms with Crippen molar-refractivity contribution < 1.29 is 19.1 Å². The number of nitrogens with zero attached hydrogens (tertiary/aromatic N) is 2. The first-order valence-corrected chi connectivity index (χ1v) is 9.14. The highest BCUT2D eigenvalue weighted by atomic mass is 19.1. The Balaban J connectivity index is 1.49. The van der Waals surface area contributed by atoms with E-state index in [0.717, 1.165) is 5.39 Å². The number of carbonyl (C=O) groups excluding carboxylic acids is 1. The van der Waals surface area contributed by atoms with Crippen LogP contribution in [0, 0.1) is 5.82 Å². The van der Waals surface area contributed by atoms with Crippen molar-refractivity contribution >= 4 is 28.5 Å². The van der Waals surface area contributed by atoms with Gasteiger partial charge in [-0.1, -0.05) is 30.3 Å². The van der Waals surface area contributed by atoms with Gasteiger partial charge >= 0.3 is 5.97 Å². The van der Waals surface area contributed by atoms with E-state index in [4.69, 9.17) is 0 Å². The molecule has 1 aliphatic heterocycles. The Kier molecular flexibility index (Phi) is 4.73. The largest absolute Gasteiger partial charge is 0.477 e. The number of aromatic nitrogens is 1. The summed E-state index contributed by atoms with van der Waals surface area (Å²) >= 11 is 0. The number of aromatic amines is 1. The number of nitrogens with one attached hydrogen (secondary N) is 1. The summed E-state index contributed by atoms with van der Waals surface area (Å²) in [5.74, 6) is -1.48. The number of para-hydroxylation sites is 2. The summed E-state index contributed by atoms with van der Waals surface area (Å²) < 4.78 is 14.0. The number of hydrogen-bond donors (Lipinski definition) is 2. The Morgan fingerprint density at radius 3 is 2.39 bits per heavy atom. The number of aromatic carboxylic acids is 1. The van der Waals surface area contributed by atoms with Crippen molar-refractivity contribution in [3.05, 3.63) is 65.6 Å². The SMILES string of the molecule is O=C(O)c1[nH]c2ccccc2c1CC(=O)N1CCN(c2ccccc2F)CC1. The number of anilines is 1. The van der Waals surface area contributed by atoms with Crippen LogP contribution in [0.25, 0.3) is 10.9 Å². The third kappa shape index (κ3) is 3.31. The Morgan fingerprint density at radius 2 is 1.68 bits per heavy atom. The molecule has 0 bridgehead atoms. The molecule has 0 radical (unpaired) electrons. The van der Waals surface area contributed by atoms with Crippen molar-refractivity contribution in [3.63, 3.8) is 0 Å². The highest BCUT2D eigenvalue weighted by Crippen LogP contribution is 2.25. The van der Waals surface area contributed by atoms with Gasteiger partial charge in [0.1, 0.15) is 11.5 Å². The normalized spacial score (nSPS) is 14.5. The first-order chi connectivity index (χ1) is 13.5. The number of piperazine rings is 1. The number of benzene rings is 2. The van der Waals surface area contributed by atoms with Gasteiger partial charge in [-0.05, 0) is 18.2 Å². The van der Waals surface area contributed by atoms with Gasteiger partial charge in [-0.2, -0.15) is 0 Å². The van der Waals surface area contributed by atoms with Gasteiger partial charge < -0.3 is 19.9 Å². The van der Waals surface area contributed by atoms with Crippen molar-refractivity contribution in [2.45, 2.75) is 6.42 Å². The fraction of sp³-hybridized carbons (Fsp3) is 0.238. The molecule has 1 fully saturated rings. The maximum absolute atomic E-state index is 14.0. The number of carbonyl (C=O) groups is 2. The highest BCUT2D eigenvalue weighted by molar-refractivity contribution is 6.00. The molecule has 1 saturated heterocycles. The second kappa shape index (κ2) is 7.34. The van der Waals surface area contributed by atoms with Gasteiger partial charge in [0.25, 0.3) is 0 Å². The molecule has 2 N–H and O–H groups in total. The number of fused-ring (bicyclic) bond motifs is 1. The molecule has 144 valence electrons. The molecule has 0 atom stereocenters. The van der Waals surface area contributed by atoms with Crippen LogP contribution in [0.2, 0.25) is 0 Å².